The molecule has 1 amide bonds. The number of halogens is 1. The first kappa shape index (κ1) is 20.4. The van der Waals surface area contributed by atoms with E-state index in [4.69, 9.17) is 16.0 Å². The number of carbonyl (C=O) groups is 1. The first-order chi connectivity index (χ1) is 14.2. The molecule has 1 fully saturated rings. The predicted octanol–water partition coefficient (Wildman–Crippen LogP) is 6.44. The zero-order chi connectivity index (χ0) is 20.1. The number of hydrogen-bond acceptors (Lipinski definition) is 5. The minimum atomic E-state index is -0.0441. The molecule has 150 valence electrons. The van der Waals surface area contributed by atoms with Crippen LogP contribution in [-0.2, 0) is 11.2 Å². The van der Waals surface area contributed by atoms with Crippen molar-refractivity contribution >= 4 is 46.7 Å². The summed E-state index contributed by atoms with van der Waals surface area (Å²) in [6, 6.07) is 15.5. The molecule has 4 nitrogen and oxygen atoms in total. The molecule has 0 spiro atoms. The van der Waals surface area contributed by atoms with Crippen LogP contribution in [0.4, 0.5) is 5.69 Å². The highest BCUT2D eigenvalue weighted by Crippen LogP contribution is 2.44. The monoisotopic (exact) mass is 444 g/mol. The van der Waals surface area contributed by atoms with Gasteiger partial charge >= 0.3 is 0 Å². The number of thioether (sulfide) groups is 2. The van der Waals surface area contributed by atoms with Gasteiger partial charge in [0.05, 0.1) is 10.8 Å². The topological polar surface area (TPSA) is 55.1 Å². The first-order valence-electron chi connectivity index (χ1n) is 9.51. The fourth-order valence-electron chi connectivity index (χ4n) is 3.06. The normalized spacial score (nSPS) is 14.7. The summed E-state index contributed by atoms with van der Waals surface area (Å²) in [6.07, 6.45) is 3.72. The predicted molar refractivity (Wildman–Crippen MR) is 123 cm³/mol. The van der Waals surface area contributed by atoms with E-state index in [9.17, 15) is 4.79 Å². The first-order valence-corrected chi connectivity index (χ1v) is 12.0. The van der Waals surface area contributed by atoms with Crippen LogP contribution in [0, 0.1) is 0 Å². The van der Waals surface area contributed by atoms with Gasteiger partial charge in [0, 0.05) is 29.1 Å². The van der Waals surface area contributed by atoms with Crippen LogP contribution in [0.2, 0.25) is 5.02 Å². The van der Waals surface area contributed by atoms with Crippen molar-refractivity contribution in [3.8, 4) is 11.3 Å². The van der Waals surface area contributed by atoms with Gasteiger partial charge in [0.15, 0.2) is 11.7 Å². The van der Waals surface area contributed by atoms with Crippen LogP contribution in [0.1, 0.15) is 28.9 Å². The summed E-state index contributed by atoms with van der Waals surface area (Å²) in [5.74, 6) is 3.57. The van der Waals surface area contributed by atoms with Gasteiger partial charge in [-0.1, -0.05) is 23.7 Å². The summed E-state index contributed by atoms with van der Waals surface area (Å²) < 4.78 is 6.23. The van der Waals surface area contributed by atoms with Crippen LogP contribution in [-0.4, -0.2) is 22.4 Å². The van der Waals surface area contributed by atoms with Gasteiger partial charge in [0.1, 0.15) is 0 Å². The lowest BCUT2D eigenvalue weighted by Gasteiger charge is -2.21. The van der Waals surface area contributed by atoms with Crippen molar-refractivity contribution < 1.29 is 9.21 Å². The van der Waals surface area contributed by atoms with Gasteiger partial charge < -0.3 is 9.73 Å². The molecule has 7 heteroatoms. The third-order valence-electron chi connectivity index (χ3n) is 4.52. The fourth-order valence-corrected chi connectivity index (χ4v) is 6.06. The van der Waals surface area contributed by atoms with Crippen molar-refractivity contribution in [2.75, 3.05) is 16.8 Å². The van der Waals surface area contributed by atoms with Crippen molar-refractivity contribution in [3.63, 3.8) is 0 Å². The van der Waals surface area contributed by atoms with Gasteiger partial charge in [-0.15, -0.1) is 23.5 Å². The molecule has 0 bridgehead atoms. The SMILES string of the molecule is O=C(CCc1ncc(-c2ccc(Cl)cc2)o1)Nc1cccc(C2SCCCS2)c1. The second kappa shape index (κ2) is 9.74. The molecule has 0 saturated carbocycles. The van der Waals surface area contributed by atoms with Crippen LogP contribution in [0.3, 0.4) is 0 Å². The van der Waals surface area contributed by atoms with Gasteiger partial charge in [0.2, 0.25) is 5.91 Å². The van der Waals surface area contributed by atoms with E-state index >= 15 is 0 Å². The fraction of sp³-hybridized carbons (Fsp3) is 0.273. The lowest BCUT2D eigenvalue weighted by atomic mass is 10.2. The standard InChI is InChI=1S/C22H21ClN2O2S2/c23-17-7-5-15(6-8-17)19-14-24-21(27-19)10-9-20(26)25-18-4-1-3-16(13-18)22-28-11-2-12-29-22/h1,3-8,13-14,22H,2,9-12H2,(H,25,26). The zero-order valence-electron chi connectivity index (χ0n) is 15.8. The Labute approximate surface area is 183 Å². The highest BCUT2D eigenvalue weighted by molar-refractivity contribution is 8.16. The summed E-state index contributed by atoms with van der Waals surface area (Å²) in [5.41, 5.74) is 3.01. The summed E-state index contributed by atoms with van der Waals surface area (Å²) in [5, 5.41) is 3.67. The molecule has 0 atom stereocenters. The molecule has 1 N–H and O–H groups in total. The molecule has 0 aliphatic carbocycles. The van der Waals surface area contributed by atoms with Crippen LogP contribution in [0.25, 0.3) is 11.3 Å². The quantitative estimate of drug-likeness (QED) is 0.474. The summed E-state index contributed by atoms with van der Waals surface area (Å²) in [6.45, 7) is 0. The Morgan fingerprint density at radius 2 is 1.97 bits per heavy atom. The number of carbonyl (C=O) groups excluding carboxylic acids is 1. The Kier molecular flexibility index (Phi) is 6.85. The Bertz CT molecular complexity index is 969. The summed E-state index contributed by atoms with van der Waals surface area (Å²) >= 11 is 9.87. The number of anilines is 1. The van der Waals surface area contributed by atoms with Crippen molar-refractivity contribution in [1.29, 1.82) is 0 Å². The van der Waals surface area contributed by atoms with Gasteiger partial charge in [-0.2, -0.15) is 0 Å². The van der Waals surface area contributed by atoms with Gasteiger partial charge in [0.25, 0.3) is 0 Å². The molecular weight excluding hydrogens is 424 g/mol. The van der Waals surface area contributed by atoms with E-state index in [-0.39, 0.29) is 5.91 Å². The maximum atomic E-state index is 12.4. The van der Waals surface area contributed by atoms with Crippen LogP contribution >= 0.6 is 35.1 Å². The van der Waals surface area contributed by atoms with Gasteiger partial charge in [-0.3, -0.25) is 4.79 Å². The van der Waals surface area contributed by atoms with Gasteiger partial charge in [-0.25, -0.2) is 4.98 Å². The number of amides is 1. The lowest BCUT2D eigenvalue weighted by Crippen LogP contribution is -2.12. The summed E-state index contributed by atoms with van der Waals surface area (Å²) in [4.78, 5) is 16.7. The molecule has 0 radical (unpaired) electrons. The third-order valence-corrected chi connectivity index (χ3v) is 7.78. The number of aryl methyl sites for hydroxylation is 1. The second-order valence-electron chi connectivity index (χ2n) is 6.73. The number of aromatic nitrogens is 1. The smallest absolute Gasteiger partial charge is 0.224 e. The van der Waals surface area contributed by atoms with E-state index < -0.39 is 0 Å². The van der Waals surface area contributed by atoms with Crippen molar-refractivity contribution in [2.24, 2.45) is 0 Å². The highest BCUT2D eigenvalue weighted by atomic mass is 35.5. The highest BCUT2D eigenvalue weighted by Gasteiger charge is 2.17. The van der Waals surface area contributed by atoms with E-state index in [0.29, 0.717) is 34.1 Å². The molecule has 2 aromatic carbocycles. The molecule has 3 aromatic rings. The van der Waals surface area contributed by atoms with E-state index in [0.717, 1.165) is 11.3 Å². The molecule has 1 saturated heterocycles. The van der Waals surface area contributed by atoms with Gasteiger partial charge in [-0.05, 0) is 59.9 Å². The van der Waals surface area contributed by atoms with Crippen molar-refractivity contribution in [3.05, 3.63) is 71.2 Å². The number of oxazole rings is 1. The number of benzene rings is 2. The van der Waals surface area contributed by atoms with Crippen molar-refractivity contribution in [1.82, 2.24) is 4.98 Å². The molecule has 0 unspecified atom stereocenters. The average Bonchev–Trinajstić information content (AvgIpc) is 3.23. The Morgan fingerprint density at radius 1 is 1.17 bits per heavy atom. The largest absolute Gasteiger partial charge is 0.441 e. The summed E-state index contributed by atoms with van der Waals surface area (Å²) in [7, 11) is 0. The maximum absolute atomic E-state index is 12.4. The minimum Gasteiger partial charge on any atom is -0.441 e. The van der Waals surface area contributed by atoms with E-state index in [2.05, 4.69) is 22.4 Å². The Morgan fingerprint density at radius 3 is 2.76 bits per heavy atom. The third kappa shape index (κ3) is 5.59. The molecule has 2 heterocycles. The van der Waals surface area contributed by atoms with Crippen molar-refractivity contribution in [2.45, 2.75) is 23.8 Å². The van der Waals surface area contributed by atoms with Crippen LogP contribution in [0.5, 0.6) is 0 Å². The minimum absolute atomic E-state index is 0.0441. The van der Waals surface area contributed by atoms with E-state index in [1.165, 1.54) is 23.5 Å². The molecule has 1 aromatic heterocycles. The zero-order valence-corrected chi connectivity index (χ0v) is 18.2. The Hall–Kier alpha value is -1.89. The lowest BCUT2D eigenvalue weighted by molar-refractivity contribution is -0.116. The molecule has 1 aliphatic rings. The molecular formula is C22H21ClN2O2S2. The average molecular weight is 445 g/mol. The number of hydrogen-bond donors (Lipinski definition) is 1. The Balaban J connectivity index is 1.32. The number of nitrogens with one attached hydrogen (secondary N) is 1. The van der Waals surface area contributed by atoms with Crippen LogP contribution in [0.15, 0.2) is 59.1 Å². The molecule has 4 rings (SSSR count). The second-order valence-corrected chi connectivity index (χ2v) is 9.89. The van der Waals surface area contributed by atoms with E-state index in [1.54, 1.807) is 6.20 Å². The van der Waals surface area contributed by atoms with Crippen LogP contribution < -0.4 is 5.32 Å². The molecule has 29 heavy (non-hydrogen) atoms. The maximum Gasteiger partial charge on any atom is 0.224 e. The molecule has 1 aliphatic heterocycles. The van der Waals surface area contributed by atoms with E-state index in [1.807, 2.05) is 59.9 Å². The number of nitrogens with zero attached hydrogens (tertiary/aromatic N) is 1. The number of rotatable bonds is 6.